The van der Waals surface area contributed by atoms with Gasteiger partial charge in [-0.05, 0) is 0 Å². The molecule has 7 heteroatoms. The summed E-state index contributed by atoms with van der Waals surface area (Å²) in [5, 5.41) is 0. The van der Waals surface area contributed by atoms with Gasteiger partial charge in [0, 0.05) is 0 Å². The molecule has 0 aromatic carbocycles. The molecule has 0 unspecified atom stereocenters. The largest absolute Gasteiger partial charge is 4.00 e. The Labute approximate surface area is 71.0 Å². The molecule has 0 atom stereocenters. The van der Waals surface area contributed by atoms with Gasteiger partial charge in [-0.15, -0.1) is 0 Å². The smallest absolute Gasteiger partial charge is 0.894 e. The molecule has 0 aromatic rings. The molecule has 7 heavy (non-hydrogen) atoms. The van der Waals surface area contributed by atoms with Crippen molar-refractivity contribution in [3.8, 4) is 0 Å². The van der Waals surface area contributed by atoms with Gasteiger partial charge in [0.05, 0.1) is 0 Å². The number of rotatable bonds is 0. The van der Waals surface area contributed by atoms with Crippen molar-refractivity contribution in [1.82, 2.24) is 0 Å². The first-order valence-corrected chi connectivity index (χ1v) is 2.45. The maximum absolute atomic E-state index is 8.58. The summed E-state index contributed by atoms with van der Waals surface area (Å²) in [5.41, 5.74) is 0. The van der Waals surface area contributed by atoms with Crippen LogP contribution in [-0.4, -0.2) is 9.05 Å². The summed E-state index contributed by atoms with van der Waals surface area (Å²) in [6.07, 6.45) is 0. The van der Waals surface area contributed by atoms with Gasteiger partial charge in [-0.25, -0.2) is 0 Å². The zero-order chi connectivity index (χ0) is 4.50. The minimum atomic E-state index is -5.61. The SMILES string of the molecule is [Co+2].[O-][Si]([O-])([O-])[O-].[Zr+4]. The molecule has 0 saturated heterocycles. The van der Waals surface area contributed by atoms with E-state index in [1.165, 1.54) is 0 Å². The topological polar surface area (TPSA) is 92.2 Å². The van der Waals surface area contributed by atoms with E-state index in [0.717, 1.165) is 0 Å². The quantitative estimate of drug-likeness (QED) is 0.397. The van der Waals surface area contributed by atoms with Crippen LogP contribution in [0.3, 0.4) is 0 Å². The maximum atomic E-state index is 8.58. The summed E-state index contributed by atoms with van der Waals surface area (Å²) in [5.74, 6) is 0. The summed E-state index contributed by atoms with van der Waals surface area (Å²) in [6.45, 7) is 0. The molecule has 0 aromatic heterocycles. The summed E-state index contributed by atoms with van der Waals surface area (Å²) in [6, 6.07) is 0. The summed E-state index contributed by atoms with van der Waals surface area (Å²) in [4.78, 5) is 34.3. The normalized spacial score (nSPS) is 8.57. The van der Waals surface area contributed by atoms with Crippen LogP contribution in [0.2, 0.25) is 0 Å². The molecular weight excluding hydrogens is 242 g/mol. The van der Waals surface area contributed by atoms with Crippen molar-refractivity contribution < 1.29 is 62.2 Å². The van der Waals surface area contributed by atoms with Crippen LogP contribution in [0.25, 0.3) is 0 Å². The standard InChI is InChI=1S/Co.O4Si.Zr/c;1-5(2,3)4;/q+2;-4;+4. The minimum absolute atomic E-state index is 0. The average Bonchev–Trinajstić information content (AvgIpc) is 0.722. The Morgan fingerprint density at radius 3 is 0.857 bits per heavy atom. The van der Waals surface area contributed by atoms with E-state index in [1.54, 1.807) is 0 Å². The Hall–Kier alpha value is 1.45. The summed E-state index contributed by atoms with van der Waals surface area (Å²) < 4.78 is 0. The first-order valence-electron chi connectivity index (χ1n) is 0.816. The fraction of sp³-hybridized carbons (Fsp3) is 0. The van der Waals surface area contributed by atoms with Crippen LogP contribution in [0.5, 0.6) is 0 Å². The molecule has 0 rings (SSSR count). The fourth-order valence-electron chi connectivity index (χ4n) is 0. The van der Waals surface area contributed by atoms with Gasteiger partial charge in [0.25, 0.3) is 0 Å². The van der Waals surface area contributed by atoms with Crippen molar-refractivity contribution in [3.05, 3.63) is 0 Å². The van der Waals surface area contributed by atoms with Crippen molar-refractivity contribution in [2.45, 2.75) is 0 Å². The molecule has 39 valence electrons. The van der Waals surface area contributed by atoms with Crippen LogP contribution >= 0.6 is 0 Å². The van der Waals surface area contributed by atoms with Gasteiger partial charge in [0.15, 0.2) is 0 Å². The molecule has 0 heterocycles. The second-order valence-corrected chi connectivity index (χ2v) is 1.50. The van der Waals surface area contributed by atoms with Crippen molar-refractivity contribution in [3.63, 3.8) is 0 Å². The van der Waals surface area contributed by atoms with Crippen LogP contribution in [0, 0.1) is 0 Å². The Balaban J connectivity index is -0.0000000800. The zero-order valence-electron chi connectivity index (χ0n) is 2.97. The van der Waals surface area contributed by atoms with Crippen LogP contribution in [0.15, 0.2) is 0 Å². The van der Waals surface area contributed by atoms with Gasteiger partial charge in [-0.2, -0.15) is 0 Å². The molecular formula is CoO4SiZr+2. The van der Waals surface area contributed by atoms with Crippen molar-refractivity contribution in [2.24, 2.45) is 0 Å². The van der Waals surface area contributed by atoms with Gasteiger partial charge in [0.2, 0.25) is 0 Å². The number of hydrogen-bond acceptors (Lipinski definition) is 4. The molecule has 0 aliphatic heterocycles. The predicted octanol–water partition coefficient (Wildman–Crippen LogP) is -5.14. The third-order valence-electron chi connectivity index (χ3n) is 0. The Kier molecular flexibility index (Phi) is 12.6. The van der Waals surface area contributed by atoms with E-state index in [-0.39, 0.29) is 43.0 Å². The molecule has 0 spiro atoms. The van der Waals surface area contributed by atoms with Gasteiger partial charge >= 0.3 is 43.0 Å². The molecule has 1 radical (unpaired) electrons. The van der Waals surface area contributed by atoms with Crippen LogP contribution < -0.4 is 19.2 Å². The second-order valence-electron chi connectivity index (χ2n) is 0.500. The maximum Gasteiger partial charge on any atom is 4.00 e. The average molecular weight is 242 g/mol. The van der Waals surface area contributed by atoms with Gasteiger partial charge in [-0.3, -0.25) is 0 Å². The number of hydrogen-bond donors (Lipinski definition) is 0. The monoisotopic (exact) mass is 241 g/mol. The minimum Gasteiger partial charge on any atom is -0.894 e. The van der Waals surface area contributed by atoms with E-state index in [0.29, 0.717) is 0 Å². The predicted molar refractivity (Wildman–Crippen MR) is 5.75 cm³/mol. The first-order chi connectivity index (χ1) is 2.00. The zero-order valence-corrected chi connectivity index (χ0v) is 7.47. The van der Waals surface area contributed by atoms with E-state index < -0.39 is 9.05 Å². The van der Waals surface area contributed by atoms with Crippen molar-refractivity contribution >= 4 is 9.05 Å². The van der Waals surface area contributed by atoms with E-state index >= 15 is 0 Å². The van der Waals surface area contributed by atoms with E-state index in [2.05, 4.69) is 0 Å². The van der Waals surface area contributed by atoms with Crippen molar-refractivity contribution in [1.29, 1.82) is 0 Å². The Bertz CT molecular complexity index is 27.2. The summed E-state index contributed by atoms with van der Waals surface area (Å²) in [7, 11) is -5.61. The van der Waals surface area contributed by atoms with Crippen LogP contribution in [0.1, 0.15) is 0 Å². The third-order valence-corrected chi connectivity index (χ3v) is 0. The molecule has 0 bridgehead atoms. The van der Waals surface area contributed by atoms with Crippen molar-refractivity contribution in [2.75, 3.05) is 0 Å². The first kappa shape index (κ1) is 15.8. The van der Waals surface area contributed by atoms with Gasteiger partial charge in [0.1, 0.15) is 0 Å². The van der Waals surface area contributed by atoms with Gasteiger partial charge in [-0.1, -0.05) is 0 Å². The van der Waals surface area contributed by atoms with E-state index in [9.17, 15) is 0 Å². The molecule has 4 nitrogen and oxygen atoms in total. The molecule has 0 N–H and O–H groups in total. The molecule has 0 saturated carbocycles. The Morgan fingerprint density at radius 1 is 0.857 bits per heavy atom. The molecule has 0 amide bonds. The molecule has 0 aliphatic rings. The van der Waals surface area contributed by atoms with Crippen LogP contribution in [-0.2, 0) is 43.0 Å². The van der Waals surface area contributed by atoms with Crippen LogP contribution in [0.4, 0.5) is 0 Å². The molecule has 0 aliphatic carbocycles. The fourth-order valence-corrected chi connectivity index (χ4v) is 0. The second kappa shape index (κ2) is 5.58. The van der Waals surface area contributed by atoms with Gasteiger partial charge < -0.3 is 28.2 Å². The van der Waals surface area contributed by atoms with E-state index in [4.69, 9.17) is 19.2 Å². The summed E-state index contributed by atoms with van der Waals surface area (Å²) >= 11 is 0. The third kappa shape index (κ3) is 106. The van der Waals surface area contributed by atoms with E-state index in [1.807, 2.05) is 0 Å². The Morgan fingerprint density at radius 2 is 0.857 bits per heavy atom. The molecule has 0 fully saturated rings.